The number of nitrogens with one attached hydrogen (secondary N) is 2. The fourth-order valence-electron chi connectivity index (χ4n) is 1.23. The highest BCUT2D eigenvalue weighted by atomic mass is 16.3. The van der Waals surface area contributed by atoms with E-state index in [1.165, 1.54) is 0 Å². The highest BCUT2D eigenvalue weighted by Gasteiger charge is 2.27. The molecular weight excluding hydrogens is 158 g/mol. The number of nitrogen functional groups attached to an aromatic ring is 1. The highest BCUT2D eigenvalue weighted by Crippen LogP contribution is 2.22. The number of nitrogens with two attached hydrogens (primary N) is 1. The summed E-state index contributed by atoms with van der Waals surface area (Å²) in [5, 5.41) is 18.4. The fraction of sp³-hybridized carbons (Fsp3) is 0.667. The Morgan fingerprint density at radius 1 is 1.58 bits per heavy atom. The molecule has 0 amide bonds. The monoisotopic (exact) mass is 169 g/mol. The molecule has 66 valence electrons. The minimum atomic E-state index is -0.168. The van der Waals surface area contributed by atoms with Crippen LogP contribution in [0.5, 0.6) is 0 Å². The summed E-state index contributed by atoms with van der Waals surface area (Å²) in [6.45, 7) is 0. The first-order chi connectivity index (χ1) is 5.74. The molecule has 1 heterocycles. The van der Waals surface area contributed by atoms with Crippen LogP contribution in [0.2, 0.25) is 0 Å². The molecule has 1 saturated carbocycles. The molecule has 6 nitrogen and oxygen atoms in total. The molecule has 2 rings (SSSR count). The third-order valence-electron chi connectivity index (χ3n) is 1.95. The lowest BCUT2D eigenvalue weighted by Crippen LogP contribution is -2.39. The Hall–Kier alpha value is -1.30. The minimum Gasteiger partial charge on any atom is -0.393 e. The van der Waals surface area contributed by atoms with Crippen LogP contribution in [0.25, 0.3) is 0 Å². The normalized spacial score (nSPS) is 28.1. The molecule has 1 aromatic heterocycles. The molecule has 0 atom stereocenters. The summed E-state index contributed by atoms with van der Waals surface area (Å²) in [6.07, 6.45) is 1.35. The Balaban J connectivity index is 1.88. The van der Waals surface area contributed by atoms with Crippen LogP contribution in [0.4, 0.5) is 11.9 Å². The first-order valence-corrected chi connectivity index (χ1v) is 3.86. The zero-order valence-electron chi connectivity index (χ0n) is 6.49. The fourth-order valence-corrected chi connectivity index (χ4v) is 1.23. The zero-order valence-corrected chi connectivity index (χ0v) is 6.49. The van der Waals surface area contributed by atoms with E-state index in [1.807, 2.05) is 0 Å². The van der Waals surface area contributed by atoms with Gasteiger partial charge in [0.2, 0.25) is 11.9 Å². The van der Waals surface area contributed by atoms with Crippen molar-refractivity contribution in [1.29, 1.82) is 0 Å². The molecule has 0 bridgehead atoms. The number of hydrogen-bond donors (Lipinski definition) is 4. The Bertz CT molecular complexity index is 267. The molecule has 0 unspecified atom stereocenters. The van der Waals surface area contributed by atoms with Crippen molar-refractivity contribution < 1.29 is 5.11 Å². The predicted molar refractivity (Wildman–Crippen MR) is 43.4 cm³/mol. The summed E-state index contributed by atoms with van der Waals surface area (Å²) in [5.74, 6) is 0.807. The molecule has 0 aliphatic heterocycles. The third kappa shape index (κ3) is 1.33. The van der Waals surface area contributed by atoms with Gasteiger partial charge in [-0.1, -0.05) is 0 Å². The van der Waals surface area contributed by atoms with Gasteiger partial charge in [0.25, 0.3) is 0 Å². The second-order valence-corrected chi connectivity index (χ2v) is 3.01. The van der Waals surface area contributed by atoms with Crippen LogP contribution in [-0.2, 0) is 0 Å². The molecule has 0 spiro atoms. The van der Waals surface area contributed by atoms with Crippen LogP contribution in [-0.4, -0.2) is 32.4 Å². The van der Waals surface area contributed by atoms with Gasteiger partial charge in [-0.15, -0.1) is 5.10 Å². The third-order valence-corrected chi connectivity index (χ3v) is 1.95. The van der Waals surface area contributed by atoms with Gasteiger partial charge >= 0.3 is 0 Å². The highest BCUT2D eigenvalue weighted by molar-refractivity contribution is 5.31. The number of aromatic amines is 1. The molecule has 1 aromatic rings. The molecule has 0 aromatic carbocycles. The SMILES string of the molecule is Nc1nc(NC2CC(O)C2)n[nH]1. The van der Waals surface area contributed by atoms with Crippen molar-refractivity contribution in [1.82, 2.24) is 15.2 Å². The van der Waals surface area contributed by atoms with E-state index in [1.54, 1.807) is 0 Å². The van der Waals surface area contributed by atoms with Gasteiger partial charge < -0.3 is 16.2 Å². The zero-order chi connectivity index (χ0) is 8.55. The Labute approximate surface area is 69.2 Å². The van der Waals surface area contributed by atoms with Crippen LogP contribution in [0, 0.1) is 0 Å². The average Bonchev–Trinajstić information content (AvgIpc) is 2.33. The summed E-state index contributed by atoms with van der Waals surface area (Å²) >= 11 is 0. The minimum absolute atomic E-state index is 0.168. The maximum absolute atomic E-state index is 8.99. The van der Waals surface area contributed by atoms with E-state index in [0.717, 1.165) is 12.8 Å². The van der Waals surface area contributed by atoms with Crippen molar-refractivity contribution in [3.05, 3.63) is 0 Å². The molecule has 5 N–H and O–H groups in total. The number of H-pyrrole nitrogens is 1. The number of aromatic nitrogens is 3. The summed E-state index contributed by atoms with van der Waals surface area (Å²) in [7, 11) is 0. The van der Waals surface area contributed by atoms with E-state index in [0.29, 0.717) is 11.9 Å². The standard InChI is InChI=1S/C6H11N5O/c7-5-9-6(11-10-5)8-3-1-4(12)2-3/h3-4,12H,1-2H2,(H4,7,8,9,10,11). The van der Waals surface area contributed by atoms with Gasteiger partial charge in [-0.05, 0) is 12.8 Å². The smallest absolute Gasteiger partial charge is 0.243 e. The summed E-state index contributed by atoms with van der Waals surface area (Å²) < 4.78 is 0. The van der Waals surface area contributed by atoms with Crippen molar-refractivity contribution in [3.63, 3.8) is 0 Å². The number of aliphatic hydroxyl groups excluding tert-OH is 1. The molecule has 0 radical (unpaired) electrons. The molecule has 0 saturated heterocycles. The number of anilines is 2. The van der Waals surface area contributed by atoms with Crippen LogP contribution in [0.1, 0.15) is 12.8 Å². The molecule has 12 heavy (non-hydrogen) atoms. The largest absolute Gasteiger partial charge is 0.393 e. The van der Waals surface area contributed by atoms with Crippen LogP contribution < -0.4 is 11.1 Å². The Morgan fingerprint density at radius 2 is 2.33 bits per heavy atom. The average molecular weight is 169 g/mol. The maximum atomic E-state index is 8.99. The number of rotatable bonds is 2. The molecule has 1 aliphatic rings. The van der Waals surface area contributed by atoms with Gasteiger partial charge in [-0.3, -0.25) is 0 Å². The van der Waals surface area contributed by atoms with Crippen molar-refractivity contribution in [2.75, 3.05) is 11.1 Å². The van der Waals surface area contributed by atoms with Crippen molar-refractivity contribution >= 4 is 11.9 Å². The lowest BCUT2D eigenvalue weighted by atomic mass is 9.90. The lowest BCUT2D eigenvalue weighted by Gasteiger charge is -2.31. The van der Waals surface area contributed by atoms with Crippen molar-refractivity contribution in [2.24, 2.45) is 0 Å². The number of nitrogens with zero attached hydrogens (tertiary/aromatic N) is 2. The number of aliphatic hydroxyl groups is 1. The van der Waals surface area contributed by atoms with Gasteiger partial charge in [-0.2, -0.15) is 4.98 Å². The molecule has 1 aliphatic carbocycles. The van der Waals surface area contributed by atoms with Gasteiger partial charge in [0, 0.05) is 6.04 Å². The maximum Gasteiger partial charge on any atom is 0.243 e. The number of hydrogen-bond acceptors (Lipinski definition) is 5. The summed E-state index contributed by atoms with van der Waals surface area (Å²) in [6, 6.07) is 0.287. The predicted octanol–water partition coefficient (Wildman–Crippen LogP) is -0.678. The quantitative estimate of drug-likeness (QED) is 0.470. The molecule has 1 fully saturated rings. The van der Waals surface area contributed by atoms with E-state index >= 15 is 0 Å². The first kappa shape index (κ1) is 7.35. The first-order valence-electron chi connectivity index (χ1n) is 3.86. The lowest BCUT2D eigenvalue weighted by molar-refractivity contribution is 0.0834. The molecular formula is C6H11N5O. The van der Waals surface area contributed by atoms with E-state index in [2.05, 4.69) is 20.5 Å². The summed E-state index contributed by atoms with van der Waals surface area (Å²) in [5.41, 5.74) is 5.32. The Kier molecular flexibility index (Phi) is 1.61. The van der Waals surface area contributed by atoms with E-state index in [-0.39, 0.29) is 12.1 Å². The van der Waals surface area contributed by atoms with Gasteiger partial charge in [0.1, 0.15) is 0 Å². The van der Waals surface area contributed by atoms with Crippen molar-refractivity contribution in [2.45, 2.75) is 25.0 Å². The summed E-state index contributed by atoms with van der Waals surface area (Å²) in [4.78, 5) is 3.88. The second-order valence-electron chi connectivity index (χ2n) is 3.01. The second kappa shape index (κ2) is 2.63. The van der Waals surface area contributed by atoms with Crippen LogP contribution in [0.15, 0.2) is 0 Å². The Morgan fingerprint density at radius 3 is 2.83 bits per heavy atom. The van der Waals surface area contributed by atoms with E-state index in [9.17, 15) is 0 Å². The van der Waals surface area contributed by atoms with E-state index < -0.39 is 0 Å². The molecule has 6 heteroatoms. The topological polar surface area (TPSA) is 99.8 Å². The van der Waals surface area contributed by atoms with E-state index in [4.69, 9.17) is 10.8 Å². The van der Waals surface area contributed by atoms with Gasteiger partial charge in [-0.25, -0.2) is 5.10 Å². The van der Waals surface area contributed by atoms with Gasteiger partial charge in [0.05, 0.1) is 6.10 Å². The van der Waals surface area contributed by atoms with Crippen molar-refractivity contribution in [3.8, 4) is 0 Å². The van der Waals surface area contributed by atoms with Gasteiger partial charge in [0.15, 0.2) is 0 Å². The van der Waals surface area contributed by atoms with Crippen LogP contribution in [0.3, 0.4) is 0 Å². The van der Waals surface area contributed by atoms with Crippen LogP contribution >= 0.6 is 0 Å².